The van der Waals surface area contributed by atoms with Gasteiger partial charge in [0.05, 0.1) is 32.3 Å². The third kappa shape index (κ3) is 12.7. The Morgan fingerprint density at radius 3 is 1.73 bits per heavy atom. The van der Waals surface area contributed by atoms with E-state index in [1.54, 1.807) is 28.1 Å². The van der Waals surface area contributed by atoms with Crippen LogP contribution in [0.1, 0.15) is 118 Å². The van der Waals surface area contributed by atoms with Crippen LogP contribution in [0.25, 0.3) is 0 Å². The SMILES string of the molecule is CCC(=O)C(C)C(=O)c1cc(C(=O)c2ccc3c(c2)C(=O)C(C(=O)CC)C3=O)ccc1C=O.CCCOCCOC.CCCOCCOC. The summed E-state index contributed by atoms with van der Waals surface area (Å²) in [4.78, 5) is 86.5. The highest BCUT2D eigenvalue weighted by Gasteiger charge is 2.42. The van der Waals surface area contributed by atoms with Crippen LogP contribution in [0.3, 0.4) is 0 Å². The fourth-order valence-corrected chi connectivity index (χ4v) is 4.67. The van der Waals surface area contributed by atoms with Gasteiger partial charge in [-0.1, -0.05) is 45.9 Å². The molecule has 0 fully saturated rings. The summed E-state index contributed by atoms with van der Waals surface area (Å²) in [6, 6.07) is 7.97. The van der Waals surface area contributed by atoms with E-state index in [0.29, 0.717) is 19.5 Å². The summed E-state index contributed by atoms with van der Waals surface area (Å²) < 4.78 is 19.7. The van der Waals surface area contributed by atoms with Gasteiger partial charge in [-0.05, 0) is 38.0 Å². The van der Waals surface area contributed by atoms with Crippen molar-refractivity contribution in [3.05, 3.63) is 69.8 Å². The zero-order valence-corrected chi connectivity index (χ0v) is 29.8. The van der Waals surface area contributed by atoms with Crippen molar-refractivity contribution in [2.45, 2.75) is 60.3 Å². The first-order valence-corrected chi connectivity index (χ1v) is 16.6. The van der Waals surface area contributed by atoms with Crippen molar-refractivity contribution in [3.63, 3.8) is 0 Å². The maximum Gasteiger partial charge on any atom is 0.193 e. The highest BCUT2D eigenvalue weighted by molar-refractivity contribution is 6.36. The lowest BCUT2D eigenvalue weighted by Crippen LogP contribution is -2.24. The van der Waals surface area contributed by atoms with Gasteiger partial charge in [-0.25, -0.2) is 0 Å². The summed E-state index contributed by atoms with van der Waals surface area (Å²) in [6.07, 6.45) is 2.86. The molecule has 0 amide bonds. The van der Waals surface area contributed by atoms with Gasteiger partial charge >= 0.3 is 0 Å². The number of fused-ring (bicyclic) bond motifs is 1. The molecule has 0 radical (unpaired) electrons. The zero-order valence-electron chi connectivity index (χ0n) is 29.8. The Morgan fingerprint density at radius 1 is 0.714 bits per heavy atom. The van der Waals surface area contributed by atoms with Crippen LogP contribution in [0.15, 0.2) is 36.4 Å². The van der Waals surface area contributed by atoms with Crippen LogP contribution in [0, 0.1) is 11.8 Å². The second kappa shape index (κ2) is 23.3. The van der Waals surface area contributed by atoms with E-state index in [4.69, 9.17) is 18.9 Å². The number of methoxy groups -OCH3 is 2. The number of rotatable bonds is 19. The Labute approximate surface area is 289 Å². The van der Waals surface area contributed by atoms with Crippen LogP contribution in [0.2, 0.25) is 0 Å². The molecule has 49 heavy (non-hydrogen) atoms. The molecule has 3 rings (SSSR count). The van der Waals surface area contributed by atoms with Gasteiger partial charge in [0.25, 0.3) is 0 Å². The Hall–Kier alpha value is -4.03. The lowest BCUT2D eigenvalue weighted by atomic mass is 9.89. The Morgan fingerprint density at radius 2 is 1.24 bits per heavy atom. The predicted molar refractivity (Wildman–Crippen MR) is 184 cm³/mol. The summed E-state index contributed by atoms with van der Waals surface area (Å²) in [7, 11) is 3.35. The Balaban J connectivity index is 0.000000620. The molecule has 0 spiro atoms. The van der Waals surface area contributed by atoms with E-state index in [9.17, 15) is 33.6 Å². The molecular formula is C38H50O11. The van der Waals surface area contributed by atoms with Crippen LogP contribution in [-0.2, 0) is 28.5 Å². The van der Waals surface area contributed by atoms with E-state index < -0.39 is 40.8 Å². The third-order valence-electron chi connectivity index (χ3n) is 7.50. The number of ether oxygens (including phenoxy) is 4. The smallest absolute Gasteiger partial charge is 0.193 e. The summed E-state index contributed by atoms with van der Waals surface area (Å²) in [5.74, 6) is -5.39. The first kappa shape index (κ1) is 43.0. The van der Waals surface area contributed by atoms with E-state index in [2.05, 4.69) is 13.8 Å². The van der Waals surface area contributed by atoms with Crippen LogP contribution in [0.4, 0.5) is 0 Å². The summed E-state index contributed by atoms with van der Waals surface area (Å²) in [6.45, 7) is 13.4. The number of carbonyl (C=O) groups is 7. The van der Waals surface area contributed by atoms with Crippen molar-refractivity contribution in [1.82, 2.24) is 0 Å². The topological polar surface area (TPSA) is 156 Å². The molecule has 2 atom stereocenters. The third-order valence-corrected chi connectivity index (χ3v) is 7.50. The number of carbonyl (C=O) groups excluding carboxylic acids is 7. The molecule has 1 aliphatic rings. The normalized spacial score (nSPS) is 13.7. The van der Waals surface area contributed by atoms with Gasteiger partial charge in [-0.2, -0.15) is 0 Å². The average Bonchev–Trinajstić information content (AvgIpc) is 3.38. The molecule has 2 unspecified atom stereocenters. The quantitative estimate of drug-likeness (QED) is 0.0784. The molecule has 0 aliphatic heterocycles. The van der Waals surface area contributed by atoms with Gasteiger partial charge in [0.1, 0.15) is 11.7 Å². The molecule has 0 bridgehead atoms. The first-order chi connectivity index (χ1) is 23.5. The standard InChI is InChI=1S/C26H22O7.2C6H14O2/c1-4-20(28)13(3)23(30)18-10-14(6-7-16(18)12-27)24(31)15-8-9-17-19(11-15)26(33)22(25(17)32)21(29)5-2;2*1-3-4-8-6-5-7-2/h6-13,22H,4-5H2,1-3H3;2*3-6H2,1-2H3. The molecule has 0 aromatic heterocycles. The molecule has 11 heteroatoms. The molecular weight excluding hydrogens is 632 g/mol. The number of hydrogen-bond acceptors (Lipinski definition) is 11. The highest BCUT2D eigenvalue weighted by Crippen LogP contribution is 2.30. The average molecular weight is 683 g/mol. The van der Waals surface area contributed by atoms with Crippen molar-refractivity contribution in [2.24, 2.45) is 11.8 Å². The number of benzene rings is 2. The van der Waals surface area contributed by atoms with Crippen LogP contribution in [-0.4, -0.2) is 94.8 Å². The molecule has 0 saturated carbocycles. The van der Waals surface area contributed by atoms with E-state index in [0.717, 1.165) is 39.3 Å². The van der Waals surface area contributed by atoms with Gasteiger partial charge in [0.15, 0.2) is 35.2 Å². The van der Waals surface area contributed by atoms with Gasteiger partial charge in [-0.15, -0.1) is 0 Å². The van der Waals surface area contributed by atoms with Crippen LogP contribution in [0.5, 0.6) is 0 Å². The molecule has 1 aliphatic carbocycles. The Kier molecular flexibility index (Phi) is 20.5. The number of hydrogen-bond donors (Lipinski definition) is 0. The predicted octanol–water partition coefficient (Wildman–Crippen LogP) is 5.62. The summed E-state index contributed by atoms with van der Waals surface area (Å²) in [5.41, 5.74) is 0.310. The van der Waals surface area contributed by atoms with E-state index in [-0.39, 0.29) is 52.0 Å². The minimum Gasteiger partial charge on any atom is -0.382 e. The maximum absolute atomic E-state index is 13.1. The lowest BCUT2D eigenvalue weighted by Gasteiger charge is -2.12. The summed E-state index contributed by atoms with van der Waals surface area (Å²) in [5, 5.41) is 0. The fraction of sp³-hybridized carbons (Fsp3) is 0.500. The van der Waals surface area contributed by atoms with Crippen molar-refractivity contribution in [1.29, 1.82) is 0 Å². The molecule has 2 aromatic carbocycles. The van der Waals surface area contributed by atoms with E-state index >= 15 is 0 Å². The van der Waals surface area contributed by atoms with Crippen LogP contribution >= 0.6 is 0 Å². The van der Waals surface area contributed by atoms with Crippen molar-refractivity contribution in [2.75, 3.05) is 53.9 Å². The lowest BCUT2D eigenvalue weighted by molar-refractivity contribution is -0.121. The molecule has 11 nitrogen and oxygen atoms in total. The van der Waals surface area contributed by atoms with Crippen LogP contribution < -0.4 is 0 Å². The Bertz CT molecular complexity index is 1420. The molecule has 2 aromatic rings. The van der Waals surface area contributed by atoms with Crippen molar-refractivity contribution < 1.29 is 52.5 Å². The number of aldehydes is 1. The minimum absolute atomic E-state index is 0.0145. The number of ketones is 6. The molecule has 0 saturated heterocycles. The van der Waals surface area contributed by atoms with Gasteiger partial charge in [0.2, 0.25) is 0 Å². The van der Waals surface area contributed by atoms with Gasteiger partial charge < -0.3 is 18.9 Å². The largest absolute Gasteiger partial charge is 0.382 e. The van der Waals surface area contributed by atoms with Crippen molar-refractivity contribution in [3.8, 4) is 0 Å². The maximum atomic E-state index is 13.1. The highest BCUT2D eigenvalue weighted by atomic mass is 16.5. The minimum atomic E-state index is -1.37. The molecule has 0 N–H and O–H groups in total. The van der Waals surface area contributed by atoms with Gasteiger partial charge in [0, 0.05) is 73.7 Å². The second-order valence-corrected chi connectivity index (χ2v) is 11.1. The number of Topliss-reactive ketones (excluding diaryl/α,β-unsaturated/α-hetero) is 5. The fourth-order valence-electron chi connectivity index (χ4n) is 4.67. The van der Waals surface area contributed by atoms with Gasteiger partial charge in [-0.3, -0.25) is 33.6 Å². The van der Waals surface area contributed by atoms with Crippen molar-refractivity contribution >= 4 is 41.0 Å². The second-order valence-electron chi connectivity index (χ2n) is 11.1. The molecule has 268 valence electrons. The van der Waals surface area contributed by atoms with E-state index in [1.165, 1.54) is 43.3 Å². The summed E-state index contributed by atoms with van der Waals surface area (Å²) >= 11 is 0. The molecule has 0 heterocycles. The zero-order chi connectivity index (χ0) is 36.9. The monoisotopic (exact) mass is 682 g/mol. The van der Waals surface area contributed by atoms with E-state index in [1.807, 2.05) is 0 Å². The first-order valence-electron chi connectivity index (χ1n) is 16.6.